The number of amides is 5. The Morgan fingerprint density at radius 2 is 1.66 bits per heavy atom. The average Bonchev–Trinajstić information content (AvgIpc) is 3.88. The van der Waals surface area contributed by atoms with Crippen LogP contribution in [0.25, 0.3) is 22.0 Å². The number of aryl methyl sites for hydroxylation is 1. The lowest BCUT2D eigenvalue weighted by atomic mass is 9.76. The van der Waals surface area contributed by atoms with Crippen LogP contribution >= 0.6 is 11.6 Å². The molecule has 1 aliphatic carbocycles. The number of primary amides is 1. The number of aliphatic hydroxyl groups excluding tert-OH is 1. The van der Waals surface area contributed by atoms with Crippen molar-refractivity contribution >= 4 is 52.1 Å². The number of imide groups is 1. The number of carbonyl (C=O) groups excluding carboxylic acids is 4. The van der Waals surface area contributed by atoms with Crippen LogP contribution in [0.2, 0.25) is 5.02 Å². The van der Waals surface area contributed by atoms with Gasteiger partial charge in [-0.25, -0.2) is 22.4 Å². The van der Waals surface area contributed by atoms with Crippen molar-refractivity contribution in [2.45, 2.75) is 94.3 Å². The number of carbonyl (C=O) groups is 4. The van der Waals surface area contributed by atoms with Crippen molar-refractivity contribution in [2.75, 3.05) is 63.9 Å². The number of nitrogens with zero attached hydrogens (tertiary/aromatic N) is 5. The van der Waals surface area contributed by atoms with E-state index in [1.807, 2.05) is 44.2 Å². The van der Waals surface area contributed by atoms with Gasteiger partial charge in [0.2, 0.25) is 11.8 Å². The van der Waals surface area contributed by atoms with Gasteiger partial charge in [0.1, 0.15) is 35.1 Å². The fourth-order valence-corrected chi connectivity index (χ4v) is 13.0. The van der Waals surface area contributed by atoms with E-state index in [4.69, 9.17) is 26.8 Å². The summed E-state index contributed by atoms with van der Waals surface area (Å²) in [6, 6.07) is 13.3. The third-order valence-corrected chi connectivity index (χ3v) is 17.2. The Morgan fingerprint density at radius 1 is 0.935 bits per heavy atom. The first kappa shape index (κ1) is 54.1. The standard InChI is InChI=1S/C56H63ClF4N8O8/c1-30-27-67(19-15-35(30)44-38(58)25-37-50(49(44)61)66(3)65-52(37)69-22-16-42(71)64-54(69)74)28-32-13-20-68(21-14-32)53(73)55(75)17-11-34(12-18-55)63-29-56(33-7-5-4-6-8-33)31(2)43-41(77-56)26-39(59)47(57)46(43)45-36(51(62)72)9-10-40(48(45)60)76-24-23-70/h4-10,25-26,30-32,34-35,63,70,75H,11-24,27-29H2,1-3H3,(H2,62,72)(H,64,71,74)/t30-,31+,34?,35+,55?,56+/m1/s1. The van der Waals surface area contributed by atoms with E-state index in [9.17, 15) is 29.4 Å². The number of aliphatic hydroxyl groups is 2. The van der Waals surface area contributed by atoms with Crippen LogP contribution < -0.4 is 30.7 Å². The van der Waals surface area contributed by atoms with Crippen molar-refractivity contribution < 1.29 is 56.4 Å². The van der Waals surface area contributed by atoms with Crippen molar-refractivity contribution in [3.63, 3.8) is 0 Å². The van der Waals surface area contributed by atoms with Crippen LogP contribution in [0.1, 0.15) is 104 Å². The highest BCUT2D eigenvalue weighted by atomic mass is 35.5. The molecule has 6 N–H and O–H groups in total. The number of aromatic nitrogens is 2. The average molecular weight is 1090 g/mol. The maximum absolute atomic E-state index is 16.5. The highest BCUT2D eigenvalue weighted by Gasteiger charge is 2.51. The normalized spacial score (nSPS) is 25.2. The van der Waals surface area contributed by atoms with E-state index in [1.54, 1.807) is 11.9 Å². The predicted octanol–water partition coefficient (Wildman–Crippen LogP) is 7.39. The van der Waals surface area contributed by atoms with E-state index in [0.717, 1.165) is 31.0 Å². The summed E-state index contributed by atoms with van der Waals surface area (Å²) in [5, 5.41) is 31.2. The van der Waals surface area contributed by atoms with Crippen molar-refractivity contribution in [3.8, 4) is 22.6 Å². The first-order valence-electron chi connectivity index (χ1n) is 26.4. The first-order valence-corrected chi connectivity index (χ1v) is 26.8. The molecule has 4 aliphatic heterocycles. The second-order valence-electron chi connectivity index (χ2n) is 21.5. The molecule has 3 saturated heterocycles. The van der Waals surface area contributed by atoms with Crippen molar-refractivity contribution in [1.82, 2.24) is 30.2 Å². The zero-order valence-corrected chi connectivity index (χ0v) is 43.9. The summed E-state index contributed by atoms with van der Waals surface area (Å²) in [4.78, 5) is 56.6. The van der Waals surface area contributed by atoms with Crippen LogP contribution in [0, 0.1) is 35.1 Å². The number of anilines is 1. The molecule has 1 aromatic heterocycles. The third-order valence-electron chi connectivity index (χ3n) is 16.9. The molecule has 10 rings (SSSR count). The maximum atomic E-state index is 16.5. The molecule has 16 nitrogen and oxygen atoms in total. The number of halogens is 5. The van der Waals surface area contributed by atoms with E-state index >= 15 is 17.6 Å². The minimum atomic E-state index is -1.55. The van der Waals surface area contributed by atoms with Crippen LogP contribution in [0.4, 0.5) is 28.2 Å². The molecule has 0 spiro atoms. The number of ether oxygens (including phenoxy) is 2. The van der Waals surface area contributed by atoms with E-state index in [0.29, 0.717) is 51.0 Å². The fourth-order valence-electron chi connectivity index (χ4n) is 12.8. The Labute approximate surface area is 447 Å². The number of urea groups is 1. The molecule has 5 heterocycles. The zero-order chi connectivity index (χ0) is 54.7. The SMILES string of the molecule is C[C@@H]1CN(CC2CCN(C(=O)C3(O)CCC(NC[C@]4(c5ccccc5)Oc5cc(F)c(Cl)c(-c6c(C(N)=O)ccc(OCCO)c6F)c5[C@@H]4C)CC3)CC2)CC[C@@H]1c1c(F)cc2c(N3CCC(=O)NC3=O)nn(C)c2c1F. The van der Waals surface area contributed by atoms with Gasteiger partial charge in [-0.05, 0) is 93.0 Å². The molecule has 4 aromatic carbocycles. The number of hydrogen-bond donors (Lipinski definition) is 5. The molecular weight excluding hydrogens is 1020 g/mol. The Balaban J connectivity index is 0.758. The monoisotopic (exact) mass is 1090 g/mol. The fraction of sp³-hybridized carbons (Fsp3) is 0.482. The third kappa shape index (κ3) is 9.89. The summed E-state index contributed by atoms with van der Waals surface area (Å²) in [6.45, 7) is 6.43. The number of benzene rings is 4. The highest BCUT2D eigenvalue weighted by molar-refractivity contribution is 6.34. The molecule has 5 amide bonds. The lowest BCUT2D eigenvalue weighted by Gasteiger charge is -2.43. The molecule has 5 aliphatic rings. The van der Waals surface area contributed by atoms with Crippen molar-refractivity contribution in [2.24, 2.45) is 24.6 Å². The molecule has 77 heavy (non-hydrogen) atoms. The van der Waals surface area contributed by atoms with Gasteiger partial charge >= 0.3 is 6.03 Å². The van der Waals surface area contributed by atoms with Crippen molar-refractivity contribution in [1.29, 1.82) is 0 Å². The second-order valence-corrected chi connectivity index (χ2v) is 21.9. The van der Waals surface area contributed by atoms with Gasteiger partial charge in [0.25, 0.3) is 5.91 Å². The highest BCUT2D eigenvalue weighted by Crippen LogP contribution is 2.57. The number of piperidine rings is 2. The van der Waals surface area contributed by atoms with Crippen LogP contribution in [0.15, 0.2) is 54.6 Å². The second kappa shape index (κ2) is 21.5. The van der Waals surface area contributed by atoms with Gasteiger partial charge in [-0.15, -0.1) is 0 Å². The topological polar surface area (TPSA) is 205 Å². The lowest BCUT2D eigenvalue weighted by molar-refractivity contribution is -0.156. The Hall–Kier alpha value is -6.32. The quantitative estimate of drug-likeness (QED) is 0.0694. The van der Waals surface area contributed by atoms with E-state index in [1.165, 1.54) is 27.8 Å². The summed E-state index contributed by atoms with van der Waals surface area (Å²) in [6.07, 6.45) is 3.41. The molecular formula is C56H63ClF4N8O8. The van der Waals surface area contributed by atoms with E-state index in [2.05, 4.69) is 20.6 Å². The van der Waals surface area contributed by atoms with Crippen molar-refractivity contribution in [3.05, 3.63) is 105 Å². The lowest BCUT2D eigenvalue weighted by Crippen LogP contribution is -2.55. The molecule has 0 radical (unpaired) electrons. The number of fused-ring (bicyclic) bond motifs is 2. The minimum absolute atomic E-state index is 0.0102. The summed E-state index contributed by atoms with van der Waals surface area (Å²) < 4.78 is 78.4. The van der Waals surface area contributed by atoms with E-state index in [-0.39, 0.29) is 113 Å². The van der Waals surface area contributed by atoms with Gasteiger partial charge < -0.3 is 40.5 Å². The van der Waals surface area contributed by atoms with Gasteiger partial charge in [-0.3, -0.25) is 29.3 Å². The number of likely N-dealkylation sites (tertiary alicyclic amines) is 2. The molecule has 410 valence electrons. The smallest absolute Gasteiger partial charge is 0.329 e. The molecule has 0 bridgehead atoms. The Morgan fingerprint density at radius 3 is 2.34 bits per heavy atom. The minimum Gasteiger partial charge on any atom is -0.488 e. The largest absolute Gasteiger partial charge is 0.488 e. The number of nitrogens with one attached hydrogen (secondary N) is 2. The zero-order valence-electron chi connectivity index (χ0n) is 43.2. The van der Waals surface area contributed by atoms with Gasteiger partial charge in [-0.1, -0.05) is 55.8 Å². The molecule has 5 aromatic rings. The predicted molar refractivity (Wildman–Crippen MR) is 279 cm³/mol. The first-order chi connectivity index (χ1) is 36.8. The van der Waals surface area contributed by atoms with Gasteiger partial charge in [0, 0.05) is 93.0 Å². The maximum Gasteiger partial charge on any atom is 0.329 e. The molecule has 4 fully saturated rings. The number of rotatable bonds is 14. The summed E-state index contributed by atoms with van der Waals surface area (Å²) in [5.41, 5.74) is 3.46. The van der Waals surface area contributed by atoms with Gasteiger partial charge in [-0.2, -0.15) is 5.10 Å². The summed E-state index contributed by atoms with van der Waals surface area (Å²) in [7, 11) is 1.55. The summed E-state index contributed by atoms with van der Waals surface area (Å²) >= 11 is 6.71. The molecule has 4 atom stereocenters. The molecule has 0 unspecified atom stereocenters. The molecule has 21 heteroatoms. The van der Waals surface area contributed by atoms with Crippen LogP contribution in [-0.4, -0.2) is 124 Å². The van der Waals surface area contributed by atoms with Crippen LogP contribution in [0.3, 0.4) is 0 Å². The number of hydrogen-bond acceptors (Lipinski definition) is 11. The van der Waals surface area contributed by atoms with Gasteiger partial charge in [0.15, 0.2) is 28.8 Å². The van der Waals surface area contributed by atoms with E-state index < -0.39 is 75.8 Å². The van der Waals surface area contributed by atoms with Crippen LogP contribution in [0.5, 0.6) is 11.5 Å². The molecule has 1 saturated carbocycles. The van der Waals surface area contributed by atoms with Crippen LogP contribution in [-0.2, 0) is 22.2 Å². The number of nitrogens with two attached hydrogens (primary N) is 1. The summed E-state index contributed by atoms with van der Waals surface area (Å²) in [5.74, 6) is -5.95. The Bertz CT molecular complexity index is 3130. The van der Waals surface area contributed by atoms with Gasteiger partial charge in [0.05, 0.1) is 22.6 Å². The Kier molecular flexibility index (Phi) is 15.1.